The number of nitrogens with zero attached hydrogens (tertiary/aromatic N) is 1. The number of hydrogen-bond acceptors (Lipinski definition) is 2. The molecule has 0 amide bonds. The highest BCUT2D eigenvalue weighted by Crippen LogP contribution is 2.33. The average Bonchev–Trinajstić information content (AvgIpc) is 3.04. The average molecular weight is 224 g/mol. The molecule has 2 nitrogen and oxygen atoms in total. The zero-order valence-corrected chi connectivity index (χ0v) is 11.2. The SMILES string of the molecule is CC(CC1CC1)NCCN(C(C)C)C1CC1. The van der Waals surface area contributed by atoms with Crippen LogP contribution in [-0.4, -0.2) is 36.1 Å². The van der Waals surface area contributed by atoms with Crippen LogP contribution in [0.2, 0.25) is 0 Å². The van der Waals surface area contributed by atoms with Gasteiger partial charge in [0.05, 0.1) is 0 Å². The largest absolute Gasteiger partial charge is 0.313 e. The lowest BCUT2D eigenvalue weighted by molar-refractivity contribution is 0.209. The summed E-state index contributed by atoms with van der Waals surface area (Å²) in [5, 5.41) is 3.68. The normalized spacial score (nSPS) is 23.1. The fraction of sp³-hybridized carbons (Fsp3) is 1.00. The Morgan fingerprint density at radius 1 is 1.12 bits per heavy atom. The van der Waals surface area contributed by atoms with Gasteiger partial charge >= 0.3 is 0 Å². The lowest BCUT2D eigenvalue weighted by Crippen LogP contribution is -2.40. The van der Waals surface area contributed by atoms with Crippen molar-refractivity contribution >= 4 is 0 Å². The third-order valence-corrected chi connectivity index (χ3v) is 3.93. The van der Waals surface area contributed by atoms with Crippen molar-refractivity contribution in [3.63, 3.8) is 0 Å². The smallest absolute Gasteiger partial charge is 0.0113 e. The van der Waals surface area contributed by atoms with Crippen LogP contribution in [0.15, 0.2) is 0 Å². The van der Waals surface area contributed by atoms with Crippen LogP contribution in [0.1, 0.15) is 52.9 Å². The van der Waals surface area contributed by atoms with Gasteiger partial charge in [0, 0.05) is 31.2 Å². The predicted molar refractivity (Wildman–Crippen MR) is 69.7 cm³/mol. The first kappa shape index (κ1) is 12.4. The van der Waals surface area contributed by atoms with E-state index in [0.717, 1.165) is 18.0 Å². The minimum atomic E-state index is 0.716. The molecule has 1 N–H and O–H groups in total. The van der Waals surface area contributed by atoms with E-state index in [2.05, 4.69) is 31.0 Å². The Kier molecular flexibility index (Phi) is 4.26. The fourth-order valence-corrected chi connectivity index (χ4v) is 2.65. The van der Waals surface area contributed by atoms with Crippen molar-refractivity contribution in [2.45, 2.75) is 71.0 Å². The third kappa shape index (κ3) is 4.06. The van der Waals surface area contributed by atoms with Crippen molar-refractivity contribution in [3.05, 3.63) is 0 Å². The summed E-state index contributed by atoms with van der Waals surface area (Å²) in [5.74, 6) is 1.05. The van der Waals surface area contributed by atoms with Crippen molar-refractivity contribution in [1.29, 1.82) is 0 Å². The second-order valence-electron chi connectivity index (χ2n) is 6.10. The van der Waals surface area contributed by atoms with Gasteiger partial charge in [-0.25, -0.2) is 0 Å². The minimum Gasteiger partial charge on any atom is -0.313 e. The van der Waals surface area contributed by atoms with Gasteiger partial charge in [-0.2, -0.15) is 0 Å². The Bertz CT molecular complexity index is 205. The molecule has 2 rings (SSSR count). The lowest BCUT2D eigenvalue weighted by Gasteiger charge is -2.27. The second-order valence-corrected chi connectivity index (χ2v) is 6.10. The summed E-state index contributed by atoms with van der Waals surface area (Å²) in [5.41, 5.74) is 0. The molecule has 1 atom stereocenters. The standard InChI is InChI=1S/C14H28N2/c1-11(2)16(14-6-7-14)9-8-15-12(3)10-13-4-5-13/h11-15H,4-10H2,1-3H3. The maximum atomic E-state index is 3.68. The Hall–Kier alpha value is -0.0800. The van der Waals surface area contributed by atoms with Gasteiger partial charge in [-0.3, -0.25) is 4.90 Å². The van der Waals surface area contributed by atoms with E-state index in [0.29, 0.717) is 6.04 Å². The molecular weight excluding hydrogens is 196 g/mol. The lowest BCUT2D eigenvalue weighted by atomic mass is 10.1. The molecule has 0 spiro atoms. The molecule has 0 radical (unpaired) electrons. The Labute approximate surface area is 101 Å². The van der Waals surface area contributed by atoms with Gasteiger partial charge in [0.15, 0.2) is 0 Å². The van der Waals surface area contributed by atoms with Crippen LogP contribution in [0.4, 0.5) is 0 Å². The van der Waals surface area contributed by atoms with Crippen LogP contribution in [-0.2, 0) is 0 Å². The molecule has 0 aromatic heterocycles. The van der Waals surface area contributed by atoms with Crippen molar-refractivity contribution in [2.24, 2.45) is 5.92 Å². The quantitative estimate of drug-likeness (QED) is 0.682. The Morgan fingerprint density at radius 3 is 2.31 bits per heavy atom. The van der Waals surface area contributed by atoms with E-state index in [1.54, 1.807) is 0 Å². The van der Waals surface area contributed by atoms with Crippen LogP contribution in [0, 0.1) is 5.92 Å². The monoisotopic (exact) mass is 224 g/mol. The van der Waals surface area contributed by atoms with E-state index < -0.39 is 0 Å². The molecule has 0 bridgehead atoms. The zero-order chi connectivity index (χ0) is 11.5. The molecule has 0 saturated heterocycles. The van der Waals surface area contributed by atoms with Gasteiger partial charge in [0.1, 0.15) is 0 Å². The molecular formula is C14H28N2. The maximum absolute atomic E-state index is 3.68. The van der Waals surface area contributed by atoms with Gasteiger partial charge in [0.25, 0.3) is 0 Å². The van der Waals surface area contributed by atoms with Crippen LogP contribution in [0.25, 0.3) is 0 Å². The first-order valence-corrected chi connectivity index (χ1v) is 7.16. The van der Waals surface area contributed by atoms with Gasteiger partial charge in [-0.05, 0) is 46.0 Å². The van der Waals surface area contributed by atoms with Gasteiger partial charge < -0.3 is 5.32 Å². The second kappa shape index (κ2) is 5.50. The Balaban J connectivity index is 1.57. The highest BCUT2D eigenvalue weighted by atomic mass is 15.2. The van der Waals surface area contributed by atoms with E-state index in [1.807, 2.05) is 0 Å². The van der Waals surface area contributed by atoms with Crippen molar-refractivity contribution in [2.75, 3.05) is 13.1 Å². The number of rotatable bonds is 8. The van der Waals surface area contributed by atoms with E-state index in [1.165, 1.54) is 45.2 Å². The highest BCUT2D eigenvalue weighted by molar-refractivity contribution is 4.87. The van der Waals surface area contributed by atoms with Crippen molar-refractivity contribution < 1.29 is 0 Å². The molecule has 2 aliphatic rings. The van der Waals surface area contributed by atoms with E-state index in [-0.39, 0.29) is 0 Å². The summed E-state index contributed by atoms with van der Waals surface area (Å²) in [6, 6.07) is 2.34. The van der Waals surface area contributed by atoms with Crippen molar-refractivity contribution in [1.82, 2.24) is 10.2 Å². The van der Waals surface area contributed by atoms with E-state index >= 15 is 0 Å². The van der Waals surface area contributed by atoms with E-state index in [4.69, 9.17) is 0 Å². The highest BCUT2D eigenvalue weighted by Gasteiger charge is 2.30. The topological polar surface area (TPSA) is 15.3 Å². The fourth-order valence-electron chi connectivity index (χ4n) is 2.65. The third-order valence-electron chi connectivity index (χ3n) is 3.93. The Morgan fingerprint density at radius 2 is 1.81 bits per heavy atom. The molecule has 2 aliphatic carbocycles. The summed E-state index contributed by atoms with van der Waals surface area (Å²) in [6.45, 7) is 9.40. The van der Waals surface area contributed by atoms with Crippen molar-refractivity contribution in [3.8, 4) is 0 Å². The molecule has 16 heavy (non-hydrogen) atoms. The first-order chi connectivity index (χ1) is 7.66. The molecule has 94 valence electrons. The molecule has 2 saturated carbocycles. The summed E-state index contributed by atoms with van der Waals surface area (Å²) in [7, 11) is 0. The molecule has 0 heterocycles. The minimum absolute atomic E-state index is 0.716. The first-order valence-electron chi connectivity index (χ1n) is 7.16. The number of nitrogens with one attached hydrogen (secondary N) is 1. The van der Waals surface area contributed by atoms with Crippen LogP contribution >= 0.6 is 0 Å². The zero-order valence-electron chi connectivity index (χ0n) is 11.2. The summed E-state index contributed by atoms with van der Waals surface area (Å²) in [6.07, 6.45) is 7.20. The summed E-state index contributed by atoms with van der Waals surface area (Å²) >= 11 is 0. The van der Waals surface area contributed by atoms with E-state index in [9.17, 15) is 0 Å². The number of hydrogen-bond donors (Lipinski definition) is 1. The molecule has 0 aromatic rings. The molecule has 0 aromatic carbocycles. The summed E-state index contributed by atoms with van der Waals surface area (Å²) < 4.78 is 0. The molecule has 0 aliphatic heterocycles. The van der Waals surface area contributed by atoms with Crippen LogP contribution < -0.4 is 5.32 Å². The maximum Gasteiger partial charge on any atom is 0.0113 e. The van der Waals surface area contributed by atoms with Crippen LogP contribution in [0.5, 0.6) is 0 Å². The predicted octanol–water partition coefficient (Wildman–Crippen LogP) is 2.64. The van der Waals surface area contributed by atoms with Crippen LogP contribution in [0.3, 0.4) is 0 Å². The van der Waals surface area contributed by atoms with Gasteiger partial charge in [-0.1, -0.05) is 12.8 Å². The summed E-state index contributed by atoms with van der Waals surface area (Å²) in [4.78, 5) is 2.66. The molecule has 2 fully saturated rings. The van der Waals surface area contributed by atoms with Gasteiger partial charge in [-0.15, -0.1) is 0 Å². The molecule has 2 heteroatoms. The molecule has 1 unspecified atom stereocenters. The van der Waals surface area contributed by atoms with Gasteiger partial charge in [0.2, 0.25) is 0 Å².